The average Bonchev–Trinajstić information content (AvgIpc) is 2.70. The number of aliphatic hydroxyl groups is 1. The van der Waals surface area contributed by atoms with Gasteiger partial charge in [0.15, 0.2) is 0 Å². The van der Waals surface area contributed by atoms with E-state index < -0.39 is 5.60 Å². The molecule has 0 aromatic carbocycles. The van der Waals surface area contributed by atoms with Gasteiger partial charge in [-0.25, -0.2) is 0 Å². The predicted octanol–water partition coefficient (Wildman–Crippen LogP) is 1.95. The zero-order valence-corrected chi connectivity index (χ0v) is 12.1. The number of esters is 1. The van der Waals surface area contributed by atoms with Crippen molar-refractivity contribution in [2.75, 3.05) is 13.2 Å². The summed E-state index contributed by atoms with van der Waals surface area (Å²) in [5, 5.41) is 8.90. The summed E-state index contributed by atoms with van der Waals surface area (Å²) in [5.41, 5.74) is -0.425. The summed E-state index contributed by atoms with van der Waals surface area (Å²) in [6.45, 7) is 8.79. The molecule has 0 spiro atoms. The Bertz CT molecular complexity index is 273. The van der Waals surface area contributed by atoms with Crippen molar-refractivity contribution >= 4 is 5.97 Å². The Balaban J connectivity index is 2.53. The van der Waals surface area contributed by atoms with Crippen LogP contribution in [0.15, 0.2) is 0 Å². The van der Waals surface area contributed by atoms with Crippen LogP contribution in [-0.4, -0.2) is 46.8 Å². The highest BCUT2D eigenvalue weighted by Gasteiger charge is 2.33. The Labute approximate surface area is 110 Å². The molecule has 1 fully saturated rings. The smallest absolute Gasteiger partial charge is 0.323 e. The first-order valence-corrected chi connectivity index (χ1v) is 6.94. The Kier molecular flexibility index (Phi) is 5.60. The van der Waals surface area contributed by atoms with Gasteiger partial charge < -0.3 is 9.84 Å². The summed E-state index contributed by atoms with van der Waals surface area (Å²) in [6, 6.07) is 0.232. The average molecular weight is 257 g/mol. The van der Waals surface area contributed by atoms with Gasteiger partial charge in [-0.05, 0) is 59.9 Å². The summed E-state index contributed by atoms with van der Waals surface area (Å²) in [7, 11) is 0. The minimum atomic E-state index is -0.425. The molecule has 1 saturated heterocycles. The molecule has 1 aliphatic heterocycles. The summed E-state index contributed by atoms with van der Waals surface area (Å²) in [6.07, 6.45) is 4.02. The fourth-order valence-corrected chi connectivity index (χ4v) is 2.53. The van der Waals surface area contributed by atoms with Crippen molar-refractivity contribution in [2.45, 2.75) is 71.1 Å². The molecule has 1 heterocycles. The zero-order chi connectivity index (χ0) is 13.8. The second kappa shape index (κ2) is 6.53. The van der Waals surface area contributed by atoms with Crippen LogP contribution in [0.4, 0.5) is 0 Å². The number of hydrogen-bond acceptors (Lipinski definition) is 4. The number of rotatable bonds is 5. The highest BCUT2D eigenvalue weighted by molar-refractivity contribution is 5.75. The van der Waals surface area contributed by atoms with Gasteiger partial charge in [-0.15, -0.1) is 0 Å². The van der Waals surface area contributed by atoms with Gasteiger partial charge in [0.1, 0.15) is 11.6 Å². The molecular formula is C14H27NO3. The van der Waals surface area contributed by atoms with Gasteiger partial charge in [-0.1, -0.05) is 0 Å². The van der Waals surface area contributed by atoms with Crippen LogP contribution >= 0.6 is 0 Å². The van der Waals surface area contributed by atoms with Crippen molar-refractivity contribution in [3.63, 3.8) is 0 Å². The lowest BCUT2D eigenvalue weighted by Crippen LogP contribution is -2.45. The minimum absolute atomic E-state index is 0.140. The summed E-state index contributed by atoms with van der Waals surface area (Å²) >= 11 is 0. The summed E-state index contributed by atoms with van der Waals surface area (Å²) < 4.78 is 5.43. The van der Waals surface area contributed by atoms with Gasteiger partial charge in [0, 0.05) is 12.6 Å². The van der Waals surface area contributed by atoms with Crippen molar-refractivity contribution in [3.8, 4) is 0 Å². The van der Waals surface area contributed by atoms with E-state index in [-0.39, 0.29) is 18.6 Å². The van der Waals surface area contributed by atoms with Crippen molar-refractivity contribution in [2.24, 2.45) is 0 Å². The lowest BCUT2D eigenvalue weighted by molar-refractivity contribution is -0.161. The molecule has 0 aromatic heterocycles. The normalized spacial score (nSPS) is 23.1. The van der Waals surface area contributed by atoms with Crippen LogP contribution in [0.5, 0.6) is 0 Å². The Morgan fingerprint density at radius 3 is 2.72 bits per heavy atom. The van der Waals surface area contributed by atoms with Crippen LogP contribution in [0.2, 0.25) is 0 Å². The molecule has 106 valence electrons. The Hall–Kier alpha value is -0.610. The number of hydrogen-bond donors (Lipinski definition) is 1. The largest absolute Gasteiger partial charge is 0.459 e. The molecule has 18 heavy (non-hydrogen) atoms. The number of aliphatic hydroxyl groups excluding tert-OH is 1. The van der Waals surface area contributed by atoms with E-state index in [1.54, 1.807) is 0 Å². The number of nitrogens with zero attached hydrogens (tertiary/aromatic N) is 1. The second-order valence-electron chi connectivity index (χ2n) is 6.11. The van der Waals surface area contributed by atoms with Crippen molar-refractivity contribution in [1.29, 1.82) is 0 Å². The van der Waals surface area contributed by atoms with Crippen LogP contribution in [0.3, 0.4) is 0 Å². The number of carbonyl (C=O) groups is 1. The summed E-state index contributed by atoms with van der Waals surface area (Å²) in [4.78, 5) is 14.3. The van der Waals surface area contributed by atoms with E-state index in [9.17, 15) is 4.79 Å². The molecule has 1 rings (SSSR count). The second-order valence-corrected chi connectivity index (χ2v) is 6.11. The van der Waals surface area contributed by atoms with Crippen LogP contribution in [0.1, 0.15) is 53.4 Å². The van der Waals surface area contributed by atoms with Crippen molar-refractivity contribution in [3.05, 3.63) is 0 Å². The van der Waals surface area contributed by atoms with Crippen molar-refractivity contribution < 1.29 is 14.6 Å². The van der Waals surface area contributed by atoms with E-state index >= 15 is 0 Å². The quantitative estimate of drug-likeness (QED) is 0.765. The van der Waals surface area contributed by atoms with E-state index in [0.717, 1.165) is 32.2 Å². The van der Waals surface area contributed by atoms with E-state index in [4.69, 9.17) is 9.84 Å². The third-order valence-corrected chi connectivity index (χ3v) is 3.36. The topological polar surface area (TPSA) is 49.8 Å². The standard InChI is InChI=1S/C14H27NO3/c1-11(13(17)18-14(2,3)4)15-9-5-7-12(15)8-6-10-16/h11-12,16H,5-10H2,1-4H3. The molecule has 2 unspecified atom stereocenters. The predicted molar refractivity (Wildman–Crippen MR) is 71.4 cm³/mol. The third-order valence-electron chi connectivity index (χ3n) is 3.36. The molecule has 0 amide bonds. The highest BCUT2D eigenvalue weighted by atomic mass is 16.6. The first kappa shape index (κ1) is 15.4. The molecule has 0 aliphatic carbocycles. The molecule has 1 N–H and O–H groups in total. The maximum Gasteiger partial charge on any atom is 0.323 e. The van der Waals surface area contributed by atoms with E-state index in [2.05, 4.69) is 4.90 Å². The number of carbonyl (C=O) groups excluding carboxylic acids is 1. The molecule has 2 atom stereocenters. The van der Waals surface area contributed by atoms with Gasteiger partial charge >= 0.3 is 5.97 Å². The molecular weight excluding hydrogens is 230 g/mol. The van der Waals surface area contributed by atoms with Gasteiger partial charge in [-0.2, -0.15) is 0 Å². The summed E-state index contributed by atoms with van der Waals surface area (Å²) in [5.74, 6) is -0.140. The molecule has 0 saturated carbocycles. The number of likely N-dealkylation sites (tertiary alicyclic amines) is 1. The number of ether oxygens (including phenoxy) is 1. The van der Waals surface area contributed by atoms with Crippen LogP contribution in [0, 0.1) is 0 Å². The lowest BCUT2D eigenvalue weighted by Gasteiger charge is -2.31. The van der Waals surface area contributed by atoms with Gasteiger partial charge in [-0.3, -0.25) is 9.69 Å². The molecule has 4 nitrogen and oxygen atoms in total. The van der Waals surface area contributed by atoms with Gasteiger partial charge in [0.25, 0.3) is 0 Å². The zero-order valence-electron chi connectivity index (χ0n) is 12.1. The molecule has 0 radical (unpaired) electrons. The lowest BCUT2D eigenvalue weighted by atomic mass is 10.1. The van der Waals surface area contributed by atoms with Crippen LogP contribution in [0.25, 0.3) is 0 Å². The fourth-order valence-electron chi connectivity index (χ4n) is 2.53. The molecule has 1 aliphatic rings. The minimum Gasteiger partial charge on any atom is -0.459 e. The third kappa shape index (κ3) is 4.58. The monoisotopic (exact) mass is 257 g/mol. The van der Waals surface area contributed by atoms with E-state index in [1.165, 1.54) is 0 Å². The fraction of sp³-hybridized carbons (Fsp3) is 0.929. The van der Waals surface area contributed by atoms with Gasteiger partial charge in [0.2, 0.25) is 0 Å². The Morgan fingerprint density at radius 2 is 2.17 bits per heavy atom. The van der Waals surface area contributed by atoms with Crippen LogP contribution in [-0.2, 0) is 9.53 Å². The molecule has 4 heteroatoms. The SMILES string of the molecule is CC(C(=O)OC(C)(C)C)N1CCCC1CCCO. The van der Waals surface area contributed by atoms with E-state index in [0.29, 0.717) is 6.04 Å². The van der Waals surface area contributed by atoms with E-state index in [1.807, 2.05) is 27.7 Å². The molecule has 0 aromatic rings. The maximum atomic E-state index is 12.1. The highest BCUT2D eigenvalue weighted by Crippen LogP contribution is 2.24. The Morgan fingerprint density at radius 1 is 1.50 bits per heavy atom. The molecule has 0 bridgehead atoms. The first-order valence-electron chi connectivity index (χ1n) is 6.94. The van der Waals surface area contributed by atoms with Crippen molar-refractivity contribution in [1.82, 2.24) is 4.90 Å². The maximum absolute atomic E-state index is 12.1. The first-order chi connectivity index (χ1) is 8.35. The van der Waals surface area contributed by atoms with Crippen LogP contribution < -0.4 is 0 Å². The van der Waals surface area contributed by atoms with Gasteiger partial charge in [0.05, 0.1) is 0 Å².